The number of nitrogens with one attached hydrogen (secondary N) is 3. The number of carboxylic acid groups (broad SMARTS) is 1. The van der Waals surface area contributed by atoms with Crippen molar-refractivity contribution in [2.75, 3.05) is 24.8 Å². The number of para-hydroxylation sites is 1. The Morgan fingerprint density at radius 2 is 1.89 bits per heavy atom. The highest BCUT2D eigenvalue weighted by atomic mass is 16.5. The summed E-state index contributed by atoms with van der Waals surface area (Å²) in [6, 6.07) is 13.1. The van der Waals surface area contributed by atoms with Gasteiger partial charge in [0.05, 0.1) is 29.6 Å². The Morgan fingerprint density at radius 3 is 2.53 bits per heavy atom. The third kappa shape index (κ3) is 4.92. The number of aromatic nitrogens is 2. The minimum atomic E-state index is -1.20. The molecule has 0 aliphatic heterocycles. The second-order valence-electron chi connectivity index (χ2n) is 8.02. The maximum atomic E-state index is 12.4. The minimum absolute atomic E-state index is 0.00644. The van der Waals surface area contributed by atoms with Crippen LogP contribution in [-0.2, 0) is 4.79 Å². The molecule has 1 fully saturated rings. The molecular weight excluding hydrogens is 464 g/mol. The summed E-state index contributed by atoms with van der Waals surface area (Å²) in [6.07, 6.45) is 1.65. The highest BCUT2D eigenvalue weighted by Gasteiger charge is 2.30. The molecule has 3 aromatic rings. The molecule has 0 atom stereocenters. The summed E-state index contributed by atoms with van der Waals surface area (Å²) in [7, 11) is 2.93. The zero-order valence-corrected chi connectivity index (χ0v) is 19.5. The number of nitrogens with zero attached hydrogens (tertiary/aromatic N) is 3. The number of aromatic carboxylic acids is 1. The molecule has 1 aliphatic rings. The van der Waals surface area contributed by atoms with Crippen molar-refractivity contribution in [2.45, 2.75) is 12.8 Å². The first-order valence-corrected chi connectivity index (χ1v) is 11.0. The minimum Gasteiger partial charge on any atom is -0.494 e. The van der Waals surface area contributed by atoms with Crippen molar-refractivity contribution in [3.63, 3.8) is 0 Å². The predicted molar refractivity (Wildman–Crippen MR) is 130 cm³/mol. The first-order valence-electron chi connectivity index (χ1n) is 11.0. The van der Waals surface area contributed by atoms with Gasteiger partial charge in [-0.3, -0.25) is 9.59 Å². The molecule has 4 N–H and O–H groups in total. The molecule has 1 aromatic heterocycles. The standard InChI is InChI=1S/C25H22N6O5/c1-27-24(33)21-19(11-20(30-31-21)29-23(32)13-6-7-13)28-18-5-3-4-16(22(18)36-2)14-8-9-17(25(34)35)15(10-14)12-26/h3-5,8-11,13H,6-7H2,1-2H3,(H,27,33)(H,34,35)(H2,28,29,30,32). The number of methoxy groups -OCH3 is 1. The van der Waals surface area contributed by atoms with Gasteiger partial charge in [-0.05, 0) is 36.6 Å². The summed E-state index contributed by atoms with van der Waals surface area (Å²) >= 11 is 0. The van der Waals surface area contributed by atoms with Crippen molar-refractivity contribution in [1.29, 1.82) is 5.26 Å². The van der Waals surface area contributed by atoms with Crippen LogP contribution < -0.4 is 20.7 Å². The Hall–Kier alpha value is -4.98. The van der Waals surface area contributed by atoms with Crippen LogP contribution in [0.1, 0.15) is 39.3 Å². The molecule has 2 aromatic carbocycles. The van der Waals surface area contributed by atoms with Crippen LogP contribution in [0.25, 0.3) is 11.1 Å². The van der Waals surface area contributed by atoms with Gasteiger partial charge in [0.15, 0.2) is 11.5 Å². The molecule has 1 saturated carbocycles. The van der Waals surface area contributed by atoms with Crippen molar-refractivity contribution in [3.8, 4) is 22.9 Å². The van der Waals surface area contributed by atoms with E-state index in [9.17, 15) is 24.8 Å². The average molecular weight is 486 g/mol. The zero-order chi connectivity index (χ0) is 25.8. The fourth-order valence-corrected chi connectivity index (χ4v) is 3.63. The van der Waals surface area contributed by atoms with Gasteiger partial charge >= 0.3 is 5.97 Å². The van der Waals surface area contributed by atoms with Gasteiger partial charge in [-0.15, -0.1) is 10.2 Å². The number of hydrogen-bond acceptors (Lipinski definition) is 8. The fraction of sp³-hybridized carbons (Fsp3) is 0.200. The van der Waals surface area contributed by atoms with Crippen LogP contribution in [0.4, 0.5) is 17.2 Å². The van der Waals surface area contributed by atoms with E-state index >= 15 is 0 Å². The van der Waals surface area contributed by atoms with E-state index < -0.39 is 11.9 Å². The van der Waals surface area contributed by atoms with Crippen LogP contribution in [-0.4, -0.2) is 47.2 Å². The number of hydrogen-bond donors (Lipinski definition) is 4. The molecule has 1 heterocycles. The number of carboxylic acids is 1. The molecule has 0 bridgehead atoms. The van der Waals surface area contributed by atoms with E-state index in [4.69, 9.17) is 4.74 Å². The van der Waals surface area contributed by atoms with Gasteiger partial charge in [-0.1, -0.05) is 18.2 Å². The topological polar surface area (TPSA) is 166 Å². The van der Waals surface area contributed by atoms with Gasteiger partial charge < -0.3 is 25.8 Å². The number of nitriles is 1. The third-order valence-corrected chi connectivity index (χ3v) is 5.61. The summed E-state index contributed by atoms with van der Waals surface area (Å²) in [5.41, 5.74) is 1.81. The van der Waals surface area contributed by atoms with Crippen molar-refractivity contribution < 1.29 is 24.2 Å². The Morgan fingerprint density at radius 1 is 1.11 bits per heavy atom. The van der Waals surface area contributed by atoms with Crippen LogP contribution in [0.3, 0.4) is 0 Å². The second kappa shape index (κ2) is 10.1. The van der Waals surface area contributed by atoms with Crippen LogP contribution >= 0.6 is 0 Å². The van der Waals surface area contributed by atoms with E-state index in [0.717, 1.165) is 12.8 Å². The largest absolute Gasteiger partial charge is 0.494 e. The molecule has 0 unspecified atom stereocenters. The summed E-state index contributed by atoms with van der Waals surface area (Å²) in [6.45, 7) is 0. The Labute approximate surface area is 206 Å². The smallest absolute Gasteiger partial charge is 0.337 e. The number of carbonyl (C=O) groups is 3. The Balaban J connectivity index is 1.74. The van der Waals surface area contributed by atoms with Gasteiger partial charge in [-0.2, -0.15) is 5.26 Å². The van der Waals surface area contributed by atoms with Crippen LogP contribution in [0, 0.1) is 17.2 Å². The first kappa shape index (κ1) is 24.2. The maximum Gasteiger partial charge on any atom is 0.337 e. The van der Waals surface area contributed by atoms with Crippen LogP contribution in [0.2, 0.25) is 0 Å². The maximum absolute atomic E-state index is 12.4. The van der Waals surface area contributed by atoms with Crippen molar-refractivity contribution >= 4 is 35.0 Å². The summed E-state index contributed by atoms with van der Waals surface area (Å²) in [4.78, 5) is 36.0. The molecule has 11 nitrogen and oxygen atoms in total. The van der Waals surface area contributed by atoms with Crippen molar-refractivity contribution in [3.05, 3.63) is 59.3 Å². The molecule has 2 amide bonds. The van der Waals surface area contributed by atoms with Crippen LogP contribution in [0.15, 0.2) is 42.5 Å². The van der Waals surface area contributed by atoms with Gasteiger partial charge in [-0.25, -0.2) is 4.79 Å². The van der Waals surface area contributed by atoms with Crippen LogP contribution in [0.5, 0.6) is 5.75 Å². The number of anilines is 3. The lowest BCUT2D eigenvalue weighted by atomic mass is 9.98. The summed E-state index contributed by atoms with van der Waals surface area (Å²) < 4.78 is 5.65. The molecule has 182 valence electrons. The normalized spacial score (nSPS) is 12.2. The summed E-state index contributed by atoms with van der Waals surface area (Å²) in [5.74, 6) is -1.29. The van der Waals surface area contributed by atoms with Gasteiger partial charge in [0.2, 0.25) is 5.91 Å². The predicted octanol–water partition coefficient (Wildman–Crippen LogP) is 3.17. The van der Waals surface area contributed by atoms with E-state index in [2.05, 4.69) is 26.1 Å². The second-order valence-corrected chi connectivity index (χ2v) is 8.02. The number of carbonyl (C=O) groups excluding carboxylic acids is 2. The van der Waals surface area contributed by atoms with Crippen molar-refractivity contribution in [2.24, 2.45) is 5.92 Å². The molecule has 0 saturated heterocycles. The lowest BCUT2D eigenvalue weighted by molar-refractivity contribution is -0.117. The van der Waals surface area contributed by atoms with Gasteiger partial charge in [0.1, 0.15) is 11.8 Å². The number of rotatable bonds is 8. The fourth-order valence-electron chi connectivity index (χ4n) is 3.63. The molecule has 1 aliphatic carbocycles. The van der Waals surface area contributed by atoms with E-state index in [1.165, 1.54) is 32.4 Å². The highest BCUT2D eigenvalue weighted by molar-refractivity contribution is 6.00. The number of ether oxygens (including phenoxy) is 1. The van der Waals surface area contributed by atoms with E-state index in [-0.39, 0.29) is 40.2 Å². The molecular formula is C25H22N6O5. The molecule has 0 radical (unpaired) electrons. The summed E-state index contributed by atoms with van der Waals surface area (Å²) in [5, 5.41) is 35.0. The van der Waals surface area contributed by atoms with Gasteiger partial charge in [0, 0.05) is 24.6 Å². The molecule has 11 heteroatoms. The third-order valence-electron chi connectivity index (χ3n) is 5.61. The highest BCUT2D eigenvalue weighted by Crippen LogP contribution is 2.39. The zero-order valence-electron chi connectivity index (χ0n) is 19.5. The SMILES string of the molecule is CNC(=O)c1nnc(NC(=O)C2CC2)cc1Nc1cccc(-c2ccc(C(=O)O)c(C#N)c2)c1OC. The first-order chi connectivity index (χ1) is 17.4. The Bertz CT molecular complexity index is 1410. The van der Waals surface area contributed by atoms with Gasteiger partial charge in [0.25, 0.3) is 5.91 Å². The molecule has 4 rings (SSSR count). The lowest BCUT2D eigenvalue weighted by Gasteiger charge is -2.17. The lowest BCUT2D eigenvalue weighted by Crippen LogP contribution is -2.22. The Kier molecular flexibility index (Phi) is 6.78. The van der Waals surface area contributed by atoms with Crippen molar-refractivity contribution in [1.82, 2.24) is 15.5 Å². The molecule has 36 heavy (non-hydrogen) atoms. The number of benzene rings is 2. The quantitative estimate of drug-likeness (QED) is 0.374. The molecule has 0 spiro atoms. The average Bonchev–Trinajstić information content (AvgIpc) is 3.73. The monoisotopic (exact) mass is 486 g/mol. The number of amides is 2. The van der Waals surface area contributed by atoms with E-state index in [1.807, 2.05) is 6.07 Å². The van der Waals surface area contributed by atoms with E-state index in [0.29, 0.717) is 22.6 Å². The van der Waals surface area contributed by atoms with E-state index in [1.54, 1.807) is 24.3 Å².